The summed E-state index contributed by atoms with van der Waals surface area (Å²) in [6.07, 6.45) is -4.31. The first-order valence-corrected chi connectivity index (χ1v) is 5.87. The van der Waals surface area contributed by atoms with Crippen molar-refractivity contribution in [3.05, 3.63) is 27.5 Å². The van der Waals surface area contributed by atoms with Crippen LogP contribution in [-0.4, -0.2) is 7.11 Å². The second kappa shape index (κ2) is 3.92. The second-order valence-corrected chi connectivity index (χ2v) is 5.01. The number of hydrogen-bond donors (Lipinski definition) is 0. The van der Waals surface area contributed by atoms with Crippen LogP contribution in [0.1, 0.15) is 4.88 Å². The predicted octanol–water partition coefficient (Wildman–Crippen LogP) is 4.69. The maximum atomic E-state index is 12.5. The predicted molar refractivity (Wildman–Crippen MR) is 61.1 cm³/mol. The van der Waals surface area contributed by atoms with E-state index in [1.54, 1.807) is 12.1 Å². The van der Waals surface area contributed by atoms with E-state index < -0.39 is 11.1 Å². The molecule has 6 heteroatoms. The average Bonchev–Trinajstić information content (AvgIpc) is 2.63. The number of alkyl halides is 3. The van der Waals surface area contributed by atoms with Crippen molar-refractivity contribution in [2.75, 3.05) is 7.11 Å². The highest BCUT2D eigenvalue weighted by molar-refractivity contribution is 9.10. The monoisotopic (exact) mass is 310 g/mol. The van der Waals surface area contributed by atoms with E-state index in [4.69, 9.17) is 4.74 Å². The fourth-order valence-electron chi connectivity index (χ4n) is 1.37. The van der Waals surface area contributed by atoms with Crippen molar-refractivity contribution in [2.24, 2.45) is 0 Å². The lowest BCUT2D eigenvalue weighted by atomic mass is 10.2. The molecule has 1 heterocycles. The molecule has 2 rings (SSSR count). The van der Waals surface area contributed by atoms with E-state index in [9.17, 15) is 13.2 Å². The van der Waals surface area contributed by atoms with Crippen LogP contribution >= 0.6 is 27.3 Å². The van der Waals surface area contributed by atoms with Gasteiger partial charge in [-0.15, -0.1) is 11.3 Å². The molecule has 0 saturated carbocycles. The van der Waals surface area contributed by atoms with Gasteiger partial charge in [0, 0.05) is 9.86 Å². The van der Waals surface area contributed by atoms with Gasteiger partial charge >= 0.3 is 6.18 Å². The van der Waals surface area contributed by atoms with Crippen LogP contribution in [-0.2, 0) is 6.18 Å². The minimum absolute atomic E-state index is 0.457. The van der Waals surface area contributed by atoms with Gasteiger partial charge in [-0.2, -0.15) is 13.2 Å². The summed E-state index contributed by atoms with van der Waals surface area (Å²) in [7, 11) is 1.44. The number of halogens is 4. The number of fused-ring (bicyclic) bond motifs is 1. The molecule has 0 spiro atoms. The molecule has 16 heavy (non-hydrogen) atoms. The minimum atomic E-state index is -4.31. The molecule has 0 aliphatic rings. The molecule has 0 bridgehead atoms. The summed E-state index contributed by atoms with van der Waals surface area (Å²) in [5.41, 5.74) is 0. The molecular weight excluding hydrogens is 305 g/mol. The molecule has 1 aromatic carbocycles. The van der Waals surface area contributed by atoms with Gasteiger partial charge in [-0.3, -0.25) is 0 Å². The number of methoxy groups -OCH3 is 1. The summed E-state index contributed by atoms with van der Waals surface area (Å²) >= 11 is 3.91. The molecule has 0 aliphatic heterocycles. The molecule has 0 saturated heterocycles. The van der Waals surface area contributed by atoms with Gasteiger partial charge in [-0.05, 0) is 18.2 Å². The standard InChI is InChI=1S/C10H6BrF3OS/c1-15-7-3-2-6(11)5-4-8(10(12,13)14)16-9(5)7/h2-4H,1H3. The summed E-state index contributed by atoms with van der Waals surface area (Å²) in [4.78, 5) is -0.618. The highest BCUT2D eigenvalue weighted by Gasteiger charge is 2.33. The Hall–Kier alpha value is -0.750. The van der Waals surface area contributed by atoms with Crippen molar-refractivity contribution >= 4 is 37.4 Å². The third-order valence-corrected chi connectivity index (χ3v) is 3.98. The van der Waals surface area contributed by atoms with Crippen molar-refractivity contribution < 1.29 is 17.9 Å². The number of thiophene rings is 1. The smallest absolute Gasteiger partial charge is 0.425 e. The van der Waals surface area contributed by atoms with Crippen molar-refractivity contribution in [1.82, 2.24) is 0 Å². The summed E-state index contributed by atoms with van der Waals surface area (Å²) in [5.74, 6) is 0.457. The van der Waals surface area contributed by atoms with Crippen LogP contribution in [0.5, 0.6) is 5.75 Å². The molecule has 1 nitrogen and oxygen atoms in total. The fourth-order valence-corrected chi connectivity index (χ4v) is 2.99. The Kier molecular flexibility index (Phi) is 2.88. The van der Waals surface area contributed by atoms with Crippen molar-refractivity contribution in [2.45, 2.75) is 6.18 Å². The summed E-state index contributed by atoms with van der Waals surface area (Å²) in [6, 6.07) is 4.45. The Morgan fingerprint density at radius 1 is 1.31 bits per heavy atom. The van der Waals surface area contributed by atoms with Crippen LogP contribution in [0, 0.1) is 0 Å². The molecule has 2 aromatic rings. The van der Waals surface area contributed by atoms with Crippen molar-refractivity contribution in [3.8, 4) is 5.75 Å². The van der Waals surface area contributed by atoms with Gasteiger partial charge in [0.05, 0.1) is 11.8 Å². The molecule has 0 N–H and O–H groups in total. The molecule has 0 radical (unpaired) electrons. The summed E-state index contributed by atoms with van der Waals surface area (Å²) in [6.45, 7) is 0. The Morgan fingerprint density at radius 3 is 2.56 bits per heavy atom. The Bertz CT molecular complexity index is 533. The van der Waals surface area contributed by atoms with Crippen LogP contribution < -0.4 is 4.74 Å². The van der Waals surface area contributed by atoms with E-state index in [-0.39, 0.29) is 0 Å². The van der Waals surface area contributed by atoms with Gasteiger partial charge in [0.2, 0.25) is 0 Å². The second-order valence-electron chi connectivity index (χ2n) is 3.10. The minimum Gasteiger partial charge on any atom is -0.495 e. The lowest BCUT2D eigenvalue weighted by Gasteiger charge is -2.01. The molecule has 86 valence electrons. The molecule has 0 amide bonds. The SMILES string of the molecule is COc1ccc(Br)c2cc(C(F)(F)F)sc12. The highest BCUT2D eigenvalue weighted by Crippen LogP contribution is 2.43. The van der Waals surface area contributed by atoms with Crippen LogP contribution in [0.2, 0.25) is 0 Å². The van der Waals surface area contributed by atoms with E-state index >= 15 is 0 Å². The fraction of sp³-hybridized carbons (Fsp3) is 0.200. The van der Waals surface area contributed by atoms with E-state index in [1.165, 1.54) is 7.11 Å². The van der Waals surface area contributed by atoms with Crippen molar-refractivity contribution in [3.63, 3.8) is 0 Å². The average molecular weight is 311 g/mol. The Balaban J connectivity index is 2.73. The highest BCUT2D eigenvalue weighted by atomic mass is 79.9. The zero-order valence-electron chi connectivity index (χ0n) is 8.06. The summed E-state index contributed by atoms with van der Waals surface area (Å²) in [5, 5.41) is 0.525. The Morgan fingerprint density at radius 2 is 2.00 bits per heavy atom. The normalized spacial score (nSPS) is 12.1. The molecule has 1 aromatic heterocycles. The zero-order chi connectivity index (χ0) is 11.9. The van der Waals surface area contributed by atoms with Gasteiger partial charge in [0.15, 0.2) is 0 Å². The first kappa shape index (κ1) is 11.7. The number of ether oxygens (including phenoxy) is 1. The molecule has 0 atom stereocenters. The molecule has 0 fully saturated rings. The zero-order valence-corrected chi connectivity index (χ0v) is 10.5. The van der Waals surface area contributed by atoms with Crippen LogP contribution in [0.4, 0.5) is 13.2 Å². The van der Waals surface area contributed by atoms with Crippen LogP contribution in [0.15, 0.2) is 22.7 Å². The Labute approximate surface area is 102 Å². The first-order chi connectivity index (χ1) is 7.43. The van der Waals surface area contributed by atoms with Gasteiger partial charge < -0.3 is 4.74 Å². The lowest BCUT2D eigenvalue weighted by Crippen LogP contribution is -2.00. The van der Waals surface area contributed by atoms with E-state index in [0.29, 0.717) is 31.6 Å². The number of rotatable bonds is 1. The summed E-state index contributed by atoms with van der Waals surface area (Å²) < 4.78 is 43.8. The third kappa shape index (κ3) is 1.91. The third-order valence-electron chi connectivity index (χ3n) is 2.09. The van der Waals surface area contributed by atoms with E-state index in [2.05, 4.69) is 15.9 Å². The van der Waals surface area contributed by atoms with Gasteiger partial charge in [0.1, 0.15) is 10.6 Å². The number of hydrogen-bond acceptors (Lipinski definition) is 2. The topological polar surface area (TPSA) is 9.23 Å². The number of benzene rings is 1. The maximum Gasteiger partial charge on any atom is 0.425 e. The van der Waals surface area contributed by atoms with Gasteiger partial charge in [0.25, 0.3) is 0 Å². The first-order valence-electron chi connectivity index (χ1n) is 4.26. The molecular formula is C10H6BrF3OS. The van der Waals surface area contributed by atoms with Crippen LogP contribution in [0.25, 0.3) is 10.1 Å². The largest absolute Gasteiger partial charge is 0.495 e. The quantitative estimate of drug-likeness (QED) is 0.742. The van der Waals surface area contributed by atoms with E-state index in [0.717, 1.165) is 6.07 Å². The lowest BCUT2D eigenvalue weighted by molar-refractivity contribution is -0.134. The van der Waals surface area contributed by atoms with Crippen molar-refractivity contribution in [1.29, 1.82) is 0 Å². The van der Waals surface area contributed by atoms with Gasteiger partial charge in [-0.1, -0.05) is 15.9 Å². The molecule has 0 aliphatic carbocycles. The maximum absolute atomic E-state index is 12.5. The molecule has 0 unspecified atom stereocenters. The van der Waals surface area contributed by atoms with Gasteiger partial charge in [-0.25, -0.2) is 0 Å². The van der Waals surface area contributed by atoms with E-state index in [1.807, 2.05) is 0 Å². The van der Waals surface area contributed by atoms with Crippen LogP contribution in [0.3, 0.4) is 0 Å².